The lowest BCUT2D eigenvalue weighted by molar-refractivity contribution is -0.0723. The lowest BCUT2D eigenvalue weighted by Gasteiger charge is -2.58. The number of fused-ring (bicyclic) bond motifs is 1. The Morgan fingerprint density at radius 1 is 0.949 bits per heavy atom. The van der Waals surface area contributed by atoms with Crippen molar-refractivity contribution in [3.05, 3.63) is 101 Å². The van der Waals surface area contributed by atoms with E-state index in [2.05, 4.69) is 65.3 Å². The molecule has 3 aromatic carbocycles. The summed E-state index contributed by atoms with van der Waals surface area (Å²) in [6.07, 6.45) is 0.884. The van der Waals surface area contributed by atoms with E-state index >= 15 is 0 Å². The van der Waals surface area contributed by atoms with Gasteiger partial charge in [0.2, 0.25) is 0 Å². The second kappa shape index (κ2) is 12.0. The monoisotopic (exact) mass is 522 g/mol. The maximum Gasteiger partial charge on any atom is 0.321 e. The van der Waals surface area contributed by atoms with E-state index in [0.717, 1.165) is 35.3 Å². The van der Waals surface area contributed by atoms with Gasteiger partial charge in [-0.25, -0.2) is 4.79 Å². The van der Waals surface area contributed by atoms with Gasteiger partial charge in [-0.1, -0.05) is 59.9 Å². The van der Waals surface area contributed by atoms with Gasteiger partial charge in [0.15, 0.2) is 0 Å². The van der Waals surface area contributed by atoms with Crippen LogP contribution in [0.25, 0.3) is 0 Å². The van der Waals surface area contributed by atoms with Crippen LogP contribution in [0, 0.1) is 18.8 Å². The minimum atomic E-state index is -0.0732. The molecule has 3 aromatic rings. The summed E-state index contributed by atoms with van der Waals surface area (Å²) in [4.78, 5) is 20.0. The summed E-state index contributed by atoms with van der Waals surface area (Å²) in [6.45, 7) is 4.32. The van der Waals surface area contributed by atoms with Crippen LogP contribution in [-0.4, -0.2) is 84.3 Å². The molecule has 0 aromatic heterocycles. The van der Waals surface area contributed by atoms with E-state index in [-0.39, 0.29) is 30.6 Å². The third-order valence-corrected chi connectivity index (χ3v) is 8.17. The summed E-state index contributed by atoms with van der Waals surface area (Å²) in [5.41, 5.74) is 5.10. The molecule has 2 amide bonds. The van der Waals surface area contributed by atoms with Crippen molar-refractivity contribution in [3.63, 3.8) is 0 Å². The summed E-state index contributed by atoms with van der Waals surface area (Å²) < 4.78 is 0. The molecule has 202 valence electrons. The maximum atomic E-state index is 13.4. The van der Waals surface area contributed by atoms with Crippen molar-refractivity contribution in [2.75, 3.05) is 45.7 Å². The van der Waals surface area contributed by atoms with Crippen molar-refractivity contribution in [2.24, 2.45) is 0 Å². The fourth-order valence-corrected chi connectivity index (χ4v) is 5.82. The second-order valence-corrected chi connectivity index (χ2v) is 10.9. The fraction of sp³-hybridized carbons (Fsp3) is 0.364. The SMILES string of the molecule is Cc1ccc(NC(=O)N2CC[C@H](N(C)C)CN3[C@H](CO)[C@H](c4ccc(C#Cc5ccccc5)cc4)[C@@H]3C2)cc1. The van der Waals surface area contributed by atoms with Crippen LogP contribution in [-0.2, 0) is 0 Å². The molecule has 2 heterocycles. The van der Waals surface area contributed by atoms with E-state index in [1.165, 1.54) is 5.56 Å². The highest BCUT2D eigenvalue weighted by molar-refractivity contribution is 5.89. The van der Waals surface area contributed by atoms with E-state index in [4.69, 9.17) is 0 Å². The maximum absolute atomic E-state index is 13.4. The van der Waals surface area contributed by atoms with Gasteiger partial charge in [-0.3, -0.25) is 4.90 Å². The van der Waals surface area contributed by atoms with E-state index in [0.29, 0.717) is 19.1 Å². The third-order valence-electron chi connectivity index (χ3n) is 8.17. The number of anilines is 1. The van der Waals surface area contributed by atoms with E-state index < -0.39 is 0 Å². The van der Waals surface area contributed by atoms with Crippen LogP contribution < -0.4 is 5.32 Å². The molecule has 0 radical (unpaired) electrons. The highest BCUT2D eigenvalue weighted by Crippen LogP contribution is 2.42. The Morgan fingerprint density at radius 3 is 2.26 bits per heavy atom. The van der Waals surface area contributed by atoms with Crippen molar-refractivity contribution in [1.29, 1.82) is 0 Å². The van der Waals surface area contributed by atoms with Crippen molar-refractivity contribution in [2.45, 2.75) is 37.4 Å². The van der Waals surface area contributed by atoms with Gasteiger partial charge in [-0.05, 0) is 69.4 Å². The number of hydrogen-bond donors (Lipinski definition) is 2. The molecule has 5 rings (SSSR count). The zero-order valence-corrected chi connectivity index (χ0v) is 23.0. The summed E-state index contributed by atoms with van der Waals surface area (Å²) in [7, 11) is 4.19. The van der Waals surface area contributed by atoms with Crippen molar-refractivity contribution in [3.8, 4) is 11.8 Å². The molecule has 2 fully saturated rings. The van der Waals surface area contributed by atoms with Gasteiger partial charge >= 0.3 is 6.03 Å². The highest BCUT2D eigenvalue weighted by Gasteiger charge is 2.50. The minimum Gasteiger partial charge on any atom is -0.395 e. The lowest BCUT2D eigenvalue weighted by Crippen LogP contribution is -2.70. The van der Waals surface area contributed by atoms with Crippen LogP contribution in [0.15, 0.2) is 78.9 Å². The number of urea groups is 1. The average molecular weight is 523 g/mol. The number of nitrogens with zero attached hydrogens (tertiary/aromatic N) is 3. The van der Waals surface area contributed by atoms with Gasteiger partial charge in [0.25, 0.3) is 0 Å². The van der Waals surface area contributed by atoms with Crippen LogP contribution in [0.2, 0.25) is 0 Å². The standard InChI is InChI=1S/C33H38N4O2/c1-24-9-17-28(18-10-24)34-33(39)36-20-19-29(35(2)3)21-37-30(22-36)32(31(37)23-38)27-15-13-26(14-16-27)12-11-25-7-5-4-6-8-25/h4-10,13-18,29-32,38H,19-23H2,1-3H3,(H,34,39)/t29-,30-,31+,32+/m0/s1. The quantitative estimate of drug-likeness (QED) is 0.499. The summed E-state index contributed by atoms with van der Waals surface area (Å²) >= 11 is 0. The van der Waals surface area contributed by atoms with Crippen molar-refractivity contribution in [1.82, 2.24) is 14.7 Å². The van der Waals surface area contributed by atoms with Crippen LogP contribution >= 0.6 is 0 Å². The normalized spacial score (nSPS) is 23.1. The Morgan fingerprint density at radius 2 is 1.62 bits per heavy atom. The summed E-state index contributed by atoms with van der Waals surface area (Å²) in [6, 6.07) is 26.7. The zero-order valence-electron chi connectivity index (χ0n) is 23.0. The van der Waals surface area contributed by atoms with Crippen LogP contribution in [0.4, 0.5) is 10.5 Å². The fourth-order valence-electron chi connectivity index (χ4n) is 5.82. The molecule has 0 bridgehead atoms. The van der Waals surface area contributed by atoms with Crippen LogP contribution in [0.3, 0.4) is 0 Å². The Balaban J connectivity index is 1.36. The molecule has 6 heteroatoms. The number of likely N-dealkylation sites (N-methyl/N-ethyl adjacent to an activating group) is 1. The molecule has 2 aliphatic rings. The number of rotatable bonds is 4. The number of amides is 2. The number of hydrogen-bond acceptors (Lipinski definition) is 4. The topological polar surface area (TPSA) is 59.1 Å². The number of nitrogens with one attached hydrogen (secondary N) is 1. The first-order chi connectivity index (χ1) is 18.9. The largest absolute Gasteiger partial charge is 0.395 e. The molecular weight excluding hydrogens is 484 g/mol. The predicted octanol–water partition coefficient (Wildman–Crippen LogP) is 4.39. The van der Waals surface area contributed by atoms with Gasteiger partial charge in [0, 0.05) is 60.5 Å². The molecule has 6 nitrogen and oxygen atoms in total. The first-order valence-electron chi connectivity index (χ1n) is 13.8. The van der Waals surface area contributed by atoms with E-state index in [1.54, 1.807) is 0 Å². The second-order valence-electron chi connectivity index (χ2n) is 10.9. The number of aliphatic hydroxyl groups excluding tert-OH is 1. The highest BCUT2D eigenvalue weighted by atomic mass is 16.3. The van der Waals surface area contributed by atoms with Gasteiger partial charge in [0.05, 0.1) is 6.61 Å². The Bertz CT molecular complexity index is 1310. The van der Waals surface area contributed by atoms with Crippen LogP contribution in [0.5, 0.6) is 0 Å². The van der Waals surface area contributed by atoms with Gasteiger partial charge in [-0.2, -0.15) is 0 Å². The molecule has 4 atom stereocenters. The molecule has 0 spiro atoms. The van der Waals surface area contributed by atoms with Gasteiger partial charge in [-0.15, -0.1) is 0 Å². The number of aliphatic hydroxyl groups is 1. The zero-order chi connectivity index (χ0) is 27.4. The van der Waals surface area contributed by atoms with E-state index in [9.17, 15) is 9.90 Å². The first kappa shape index (κ1) is 27.0. The summed E-state index contributed by atoms with van der Waals surface area (Å²) in [5.74, 6) is 6.61. The Kier molecular flexibility index (Phi) is 8.33. The number of aryl methyl sites for hydroxylation is 1. The van der Waals surface area contributed by atoms with Crippen molar-refractivity contribution >= 4 is 11.7 Å². The van der Waals surface area contributed by atoms with Crippen molar-refractivity contribution < 1.29 is 9.90 Å². The average Bonchev–Trinajstić information content (AvgIpc) is 2.93. The number of carbonyl (C=O) groups excluding carboxylic acids is 1. The molecular formula is C33H38N4O2. The lowest BCUT2D eigenvalue weighted by atomic mass is 9.74. The molecule has 0 aliphatic carbocycles. The summed E-state index contributed by atoms with van der Waals surface area (Å²) in [5, 5.41) is 13.5. The van der Waals surface area contributed by atoms with Gasteiger partial charge in [0.1, 0.15) is 0 Å². The molecule has 39 heavy (non-hydrogen) atoms. The molecule has 2 saturated heterocycles. The molecule has 0 saturated carbocycles. The number of benzene rings is 3. The first-order valence-corrected chi connectivity index (χ1v) is 13.8. The molecule has 2 aliphatic heterocycles. The minimum absolute atomic E-state index is 0.0267. The number of carbonyl (C=O) groups is 1. The molecule has 2 N–H and O–H groups in total. The van der Waals surface area contributed by atoms with Gasteiger partial charge < -0.3 is 20.2 Å². The van der Waals surface area contributed by atoms with Crippen LogP contribution in [0.1, 0.15) is 34.6 Å². The van der Waals surface area contributed by atoms with E-state index in [1.807, 2.05) is 66.4 Å². The Hall–Kier alpha value is -3.63. The smallest absolute Gasteiger partial charge is 0.321 e. The third kappa shape index (κ3) is 6.17. The molecule has 0 unspecified atom stereocenters. The predicted molar refractivity (Wildman–Crippen MR) is 157 cm³/mol. The Labute approximate surface area is 232 Å².